The Morgan fingerprint density at radius 2 is 2.06 bits per heavy atom. The van der Waals surface area contributed by atoms with Gasteiger partial charge in [0, 0.05) is 6.42 Å². The van der Waals surface area contributed by atoms with Crippen molar-refractivity contribution in [2.75, 3.05) is 7.11 Å². The average Bonchev–Trinajstić information content (AvgIpc) is 2.58. The van der Waals surface area contributed by atoms with Gasteiger partial charge in [0.1, 0.15) is 11.8 Å². The zero-order chi connectivity index (χ0) is 11.5. The van der Waals surface area contributed by atoms with Crippen molar-refractivity contribution in [1.82, 2.24) is 10.6 Å². The summed E-state index contributed by atoms with van der Waals surface area (Å²) in [6.45, 7) is 0. The number of carbonyl (C=O) groups excluding carboxylic acids is 2. The van der Waals surface area contributed by atoms with Crippen LogP contribution < -0.4 is 15.4 Å². The van der Waals surface area contributed by atoms with E-state index >= 15 is 0 Å². The summed E-state index contributed by atoms with van der Waals surface area (Å²) in [5, 5.41) is 4.74. The molecular weight excluding hydrogens is 208 g/mol. The SMILES string of the molecule is COc1ccccc1CC1NC(=O)NC1=O. The highest BCUT2D eigenvalue weighted by molar-refractivity contribution is 6.04. The van der Waals surface area contributed by atoms with E-state index in [0.29, 0.717) is 6.42 Å². The second kappa shape index (κ2) is 4.22. The van der Waals surface area contributed by atoms with Gasteiger partial charge in [0.15, 0.2) is 0 Å². The largest absolute Gasteiger partial charge is 0.496 e. The molecule has 0 bridgehead atoms. The first-order chi connectivity index (χ1) is 7.70. The molecule has 0 saturated carbocycles. The number of amides is 3. The molecule has 84 valence electrons. The number of imide groups is 1. The van der Waals surface area contributed by atoms with Crippen LogP contribution in [0.3, 0.4) is 0 Å². The average molecular weight is 220 g/mol. The van der Waals surface area contributed by atoms with E-state index in [1.54, 1.807) is 7.11 Å². The van der Waals surface area contributed by atoms with Crippen LogP contribution in [-0.4, -0.2) is 25.1 Å². The predicted octanol–water partition coefficient (Wildman–Crippen LogP) is 0.446. The van der Waals surface area contributed by atoms with E-state index in [4.69, 9.17) is 4.74 Å². The number of nitrogens with one attached hydrogen (secondary N) is 2. The van der Waals surface area contributed by atoms with Crippen molar-refractivity contribution in [1.29, 1.82) is 0 Å². The second-order valence-electron chi connectivity index (χ2n) is 3.53. The Bertz CT molecular complexity index is 431. The predicted molar refractivity (Wildman–Crippen MR) is 57.2 cm³/mol. The van der Waals surface area contributed by atoms with Crippen LogP contribution in [0.2, 0.25) is 0 Å². The summed E-state index contributed by atoms with van der Waals surface area (Å²) in [4.78, 5) is 22.3. The topological polar surface area (TPSA) is 67.4 Å². The van der Waals surface area contributed by atoms with E-state index in [0.717, 1.165) is 11.3 Å². The third kappa shape index (κ3) is 1.98. The van der Waals surface area contributed by atoms with E-state index in [1.807, 2.05) is 24.3 Å². The van der Waals surface area contributed by atoms with Crippen LogP contribution in [0.25, 0.3) is 0 Å². The normalized spacial score (nSPS) is 19.2. The Kier molecular flexibility index (Phi) is 2.76. The van der Waals surface area contributed by atoms with Crippen LogP contribution in [-0.2, 0) is 11.2 Å². The molecule has 1 saturated heterocycles. The number of benzene rings is 1. The minimum Gasteiger partial charge on any atom is -0.496 e. The van der Waals surface area contributed by atoms with Crippen LogP contribution in [0.15, 0.2) is 24.3 Å². The fourth-order valence-electron chi connectivity index (χ4n) is 1.69. The standard InChI is InChI=1S/C11H12N2O3/c1-16-9-5-3-2-4-7(9)6-8-10(14)13-11(15)12-8/h2-5,8H,6H2,1H3,(H2,12,13,14,15). The van der Waals surface area contributed by atoms with Crippen molar-refractivity contribution in [3.63, 3.8) is 0 Å². The highest BCUT2D eigenvalue weighted by Crippen LogP contribution is 2.19. The highest BCUT2D eigenvalue weighted by Gasteiger charge is 2.29. The maximum atomic E-state index is 11.4. The van der Waals surface area contributed by atoms with Crippen LogP contribution in [0.1, 0.15) is 5.56 Å². The maximum absolute atomic E-state index is 11.4. The van der Waals surface area contributed by atoms with Gasteiger partial charge in [-0.2, -0.15) is 0 Å². The third-order valence-corrected chi connectivity index (χ3v) is 2.48. The molecule has 2 N–H and O–H groups in total. The smallest absolute Gasteiger partial charge is 0.322 e. The number of hydrogen-bond acceptors (Lipinski definition) is 3. The summed E-state index contributed by atoms with van der Waals surface area (Å²) in [7, 11) is 1.58. The lowest BCUT2D eigenvalue weighted by Gasteiger charge is -2.10. The number of para-hydroxylation sites is 1. The zero-order valence-corrected chi connectivity index (χ0v) is 8.82. The van der Waals surface area contributed by atoms with Crippen LogP contribution in [0.4, 0.5) is 4.79 Å². The zero-order valence-electron chi connectivity index (χ0n) is 8.82. The molecule has 1 unspecified atom stereocenters. The number of carbonyl (C=O) groups is 2. The molecule has 5 nitrogen and oxygen atoms in total. The fourth-order valence-corrected chi connectivity index (χ4v) is 1.69. The van der Waals surface area contributed by atoms with Gasteiger partial charge in [-0.15, -0.1) is 0 Å². The minimum atomic E-state index is -0.510. The van der Waals surface area contributed by atoms with Gasteiger partial charge < -0.3 is 10.1 Å². The Hall–Kier alpha value is -2.04. The monoisotopic (exact) mass is 220 g/mol. The molecule has 1 aromatic rings. The molecule has 0 radical (unpaired) electrons. The first-order valence-electron chi connectivity index (χ1n) is 4.94. The third-order valence-electron chi connectivity index (χ3n) is 2.48. The molecule has 1 fully saturated rings. The van der Waals surface area contributed by atoms with Crippen LogP contribution in [0.5, 0.6) is 5.75 Å². The molecule has 0 aromatic heterocycles. The molecule has 1 heterocycles. The van der Waals surface area contributed by atoms with Gasteiger partial charge >= 0.3 is 6.03 Å². The fraction of sp³-hybridized carbons (Fsp3) is 0.273. The lowest BCUT2D eigenvalue weighted by atomic mass is 10.1. The molecule has 2 rings (SSSR count). The molecular formula is C11H12N2O3. The van der Waals surface area contributed by atoms with Gasteiger partial charge in [0.05, 0.1) is 7.11 Å². The minimum absolute atomic E-state index is 0.295. The molecule has 0 aliphatic carbocycles. The van der Waals surface area contributed by atoms with Gasteiger partial charge in [0.2, 0.25) is 0 Å². The molecule has 16 heavy (non-hydrogen) atoms. The highest BCUT2D eigenvalue weighted by atomic mass is 16.5. The number of methoxy groups -OCH3 is 1. The van der Waals surface area contributed by atoms with E-state index in [-0.39, 0.29) is 5.91 Å². The van der Waals surface area contributed by atoms with Crippen molar-refractivity contribution in [2.45, 2.75) is 12.5 Å². The first kappa shape index (κ1) is 10.5. The summed E-state index contributed by atoms with van der Waals surface area (Å²) in [5.41, 5.74) is 0.896. The van der Waals surface area contributed by atoms with Crippen molar-refractivity contribution in [3.8, 4) is 5.75 Å². The quantitative estimate of drug-likeness (QED) is 0.726. The molecule has 1 aliphatic heterocycles. The number of rotatable bonds is 3. The number of ether oxygens (including phenoxy) is 1. The van der Waals surface area contributed by atoms with E-state index in [1.165, 1.54) is 0 Å². The molecule has 3 amide bonds. The molecule has 0 spiro atoms. The van der Waals surface area contributed by atoms with E-state index in [9.17, 15) is 9.59 Å². The van der Waals surface area contributed by atoms with Gasteiger partial charge in [-0.3, -0.25) is 10.1 Å². The molecule has 1 atom stereocenters. The lowest BCUT2D eigenvalue weighted by molar-refractivity contribution is -0.120. The Balaban J connectivity index is 2.14. The maximum Gasteiger partial charge on any atom is 0.322 e. The lowest BCUT2D eigenvalue weighted by Crippen LogP contribution is -2.31. The van der Waals surface area contributed by atoms with Gasteiger partial charge in [0.25, 0.3) is 5.91 Å². The van der Waals surface area contributed by atoms with Crippen molar-refractivity contribution < 1.29 is 14.3 Å². The second-order valence-corrected chi connectivity index (χ2v) is 3.53. The van der Waals surface area contributed by atoms with Crippen LogP contribution >= 0.6 is 0 Å². The summed E-state index contributed by atoms with van der Waals surface area (Å²) in [6.07, 6.45) is 0.432. The van der Waals surface area contributed by atoms with Gasteiger partial charge in [-0.25, -0.2) is 4.79 Å². The van der Waals surface area contributed by atoms with Gasteiger partial charge in [-0.1, -0.05) is 18.2 Å². The summed E-state index contributed by atoms with van der Waals surface area (Å²) < 4.78 is 5.17. The Labute approximate surface area is 92.8 Å². The van der Waals surface area contributed by atoms with Crippen molar-refractivity contribution in [3.05, 3.63) is 29.8 Å². The Morgan fingerprint density at radius 3 is 2.69 bits per heavy atom. The van der Waals surface area contributed by atoms with E-state index in [2.05, 4.69) is 10.6 Å². The first-order valence-corrected chi connectivity index (χ1v) is 4.94. The molecule has 1 aromatic carbocycles. The summed E-state index contributed by atoms with van der Waals surface area (Å²) >= 11 is 0. The van der Waals surface area contributed by atoms with Crippen molar-refractivity contribution >= 4 is 11.9 Å². The van der Waals surface area contributed by atoms with Crippen molar-refractivity contribution in [2.24, 2.45) is 0 Å². The van der Waals surface area contributed by atoms with Crippen LogP contribution in [0, 0.1) is 0 Å². The molecule has 1 aliphatic rings. The number of urea groups is 1. The number of hydrogen-bond donors (Lipinski definition) is 2. The Morgan fingerprint density at radius 1 is 1.31 bits per heavy atom. The summed E-state index contributed by atoms with van der Waals surface area (Å²) in [6, 6.07) is 6.47. The summed E-state index contributed by atoms with van der Waals surface area (Å²) in [5.74, 6) is 0.423. The van der Waals surface area contributed by atoms with Gasteiger partial charge in [-0.05, 0) is 11.6 Å². The van der Waals surface area contributed by atoms with E-state index < -0.39 is 12.1 Å². The molecule has 5 heteroatoms.